The highest BCUT2D eigenvalue weighted by Gasteiger charge is 2.48. The quantitative estimate of drug-likeness (QED) is 0.733. The minimum absolute atomic E-state index is 0.0306. The molecule has 2 heterocycles. The van der Waals surface area contributed by atoms with Gasteiger partial charge in [-0.3, -0.25) is 4.90 Å². The molecular weight excluding hydrogens is 368 g/mol. The first-order chi connectivity index (χ1) is 11.8. The Bertz CT molecular complexity index is 723. The summed E-state index contributed by atoms with van der Waals surface area (Å²) in [5.41, 5.74) is 2.36. The van der Waals surface area contributed by atoms with Gasteiger partial charge in [0.25, 0.3) is 6.02 Å². The molecular formula is C19H19BrN2O2. The monoisotopic (exact) mass is 386 g/mol. The number of ether oxygens (including phenoxy) is 2. The normalized spacial score (nSPS) is 29.1. The summed E-state index contributed by atoms with van der Waals surface area (Å²) >= 11 is 3.83. The van der Waals surface area contributed by atoms with Gasteiger partial charge in [0, 0.05) is 0 Å². The molecule has 4 rings (SSSR count). The molecule has 0 radical (unpaired) electrons. The molecule has 2 aromatic carbocycles. The topological polar surface area (TPSA) is 34.1 Å². The first kappa shape index (κ1) is 15.7. The molecule has 0 amide bonds. The fourth-order valence-electron chi connectivity index (χ4n) is 3.43. The Kier molecular flexibility index (Phi) is 4.29. The van der Waals surface area contributed by atoms with E-state index in [1.165, 1.54) is 5.56 Å². The maximum absolute atomic E-state index is 6.14. The Morgan fingerprint density at radius 2 is 1.67 bits per heavy atom. The number of benzene rings is 2. The minimum Gasteiger partial charge on any atom is -0.468 e. The first-order valence-corrected chi connectivity index (χ1v) is 8.97. The predicted molar refractivity (Wildman–Crippen MR) is 97.1 cm³/mol. The molecule has 2 aliphatic heterocycles. The number of nitrogens with zero attached hydrogens (tertiary/aromatic N) is 2. The highest BCUT2D eigenvalue weighted by molar-refractivity contribution is 9.09. The van der Waals surface area contributed by atoms with Crippen LogP contribution in [0.4, 0.5) is 0 Å². The van der Waals surface area contributed by atoms with Crippen molar-refractivity contribution in [3.63, 3.8) is 0 Å². The van der Waals surface area contributed by atoms with E-state index < -0.39 is 0 Å². The van der Waals surface area contributed by atoms with Crippen molar-refractivity contribution >= 4 is 22.0 Å². The second kappa shape index (κ2) is 6.57. The number of aliphatic imine (C=N–C) groups is 1. The molecule has 0 aliphatic carbocycles. The van der Waals surface area contributed by atoms with Gasteiger partial charge in [0.15, 0.2) is 0 Å². The Morgan fingerprint density at radius 3 is 2.29 bits per heavy atom. The van der Waals surface area contributed by atoms with Crippen molar-refractivity contribution in [1.29, 1.82) is 0 Å². The zero-order chi connectivity index (χ0) is 16.5. The van der Waals surface area contributed by atoms with Crippen molar-refractivity contribution in [2.75, 3.05) is 13.7 Å². The molecule has 0 saturated carbocycles. The van der Waals surface area contributed by atoms with Crippen molar-refractivity contribution in [2.45, 2.75) is 23.1 Å². The molecule has 124 valence electrons. The molecule has 0 N–H and O–H groups in total. The number of hydrogen-bond donors (Lipinski definition) is 0. The van der Waals surface area contributed by atoms with Crippen molar-refractivity contribution in [2.24, 2.45) is 4.99 Å². The number of fused-ring (bicyclic) bond motifs is 1. The zero-order valence-electron chi connectivity index (χ0n) is 13.4. The summed E-state index contributed by atoms with van der Waals surface area (Å²) in [6, 6.07) is 21.4. The number of methoxy groups -OCH3 is 1. The molecule has 2 aromatic rings. The van der Waals surface area contributed by atoms with Crippen LogP contribution in [0.2, 0.25) is 0 Å². The van der Waals surface area contributed by atoms with Gasteiger partial charge in [-0.2, -0.15) is 0 Å². The average Bonchev–Trinajstić information content (AvgIpc) is 3.09. The largest absolute Gasteiger partial charge is 0.468 e. The van der Waals surface area contributed by atoms with E-state index in [-0.39, 0.29) is 23.1 Å². The molecule has 0 bridgehead atoms. The fraction of sp³-hybridized carbons (Fsp3) is 0.316. The molecule has 0 unspecified atom stereocenters. The van der Waals surface area contributed by atoms with E-state index in [0.29, 0.717) is 12.6 Å². The van der Waals surface area contributed by atoms with Gasteiger partial charge < -0.3 is 9.47 Å². The van der Waals surface area contributed by atoms with Gasteiger partial charge in [-0.25, -0.2) is 4.99 Å². The molecule has 1 fully saturated rings. The van der Waals surface area contributed by atoms with E-state index in [1.54, 1.807) is 7.11 Å². The number of rotatable bonds is 2. The van der Waals surface area contributed by atoms with Crippen LogP contribution in [0.15, 0.2) is 65.7 Å². The van der Waals surface area contributed by atoms with Gasteiger partial charge in [0.05, 0.1) is 30.6 Å². The lowest BCUT2D eigenvalue weighted by molar-refractivity contribution is 0.0384. The second-order valence-corrected chi connectivity index (χ2v) is 7.03. The molecule has 2 aliphatic rings. The number of alkyl halides is 1. The maximum atomic E-state index is 6.14. The Balaban J connectivity index is 1.72. The number of hydrogen-bond acceptors (Lipinski definition) is 4. The van der Waals surface area contributed by atoms with Crippen molar-refractivity contribution < 1.29 is 9.47 Å². The number of amidine groups is 1. The van der Waals surface area contributed by atoms with E-state index in [2.05, 4.69) is 57.2 Å². The molecule has 24 heavy (non-hydrogen) atoms. The molecule has 1 saturated heterocycles. The van der Waals surface area contributed by atoms with Crippen LogP contribution in [-0.4, -0.2) is 35.7 Å². The predicted octanol–water partition coefficient (Wildman–Crippen LogP) is 3.91. The molecule has 5 heteroatoms. The summed E-state index contributed by atoms with van der Waals surface area (Å²) in [6.45, 7) is 0.626. The Morgan fingerprint density at radius 1 is 1.04 bits per heavy atom. The van der Waals surface area contributed by atoms with Gasteiger partial charge in [-0.05, 0) is 11.1 Å². The van der Waals surface area contributed by atoms with Gasteiger partial charge in [0.1, 0.15) is 6.23 Å². The minimum atomic E-state index is -0.104. The van der Waals surface area contributed by atoms with Crippen LogP contribution in [0.1, 0.15) is 23.2 Å². The standard InChI is InChI=1S/C19H19BrN2O2/c1-23-19-21-17(14-10-6-3-7-11-14)16(20)18-22(19)15(12-24-18)13-8-4-2-5-9-13/h2-11,15-18H,12H2,1H3/t15-,16-,17-,18+/m1/s1. The molecule has 4 nitrogen and oxygen atoms in total. The van der Waals surface area contributed by atoms with Crippen LogP contribution >= 0.6 is 15.9 Å². The molecule has 0 aromatic heterocycles. The lowest BCUT2D eigenvalue weighted by Gasteiger charge is -2.38. The van der Waals surface area contributed by atoms with Crippen LogP contribution in [0.25, 0.3) is 0 Å². The van der Waals surface area contributed by atoms with Gasteiger partial charge in [-0.15, -0.1) is 0 Å². The summed E-state index contributed by atoms with van der Waals surface area (Å²) in [7, 11) is 1.67. The summed E-state index contributed by atoms with van der Waals surface area (Å²) in [5, 5.41) is 0. The van der Waals surface area contributed by atoms with E-state index in [1.807, 2.05) is 24.3 Å². The SMILES string of the molecule is COC1=N[C@H](c2ccccc2)[C@@H](Br)[C@@H]2OC[C@H](c3ccccc3)N12. The summed E-state index contributed by atoms with van der Waals surface area (Å²) in [5.74, 6) is 0. The first-order valence-electron chi connectivity index (χ1n) is 8.05. The lowest BCUT2D eigenvalue weighted by Crippen LogP contribution is -2.48. The fourth-order valence-corrected chi connectivity index (χ4v) is 4.26. The van der Waals surface area contributed by atoms with Crippen LogP contribution in [0, 0.1) is 0 Å². The third kappa shape index (κ3) is 2.62. The number of halogens is 1. The average molecular weight is 387 g/mol. The molecule has 4 atom stereocenters. The molecule has 0 spiro atoms. The van der Waals surface area contributed by atoms with Crippen LogP contribution in [0.5, 0.6) is 0 Å². The van der Waals surface area contributed by atoms with E-state index in [0.717, 1.165) is 5.56 Å². The zero-order valence-corrected chi connectivity index (χ0v) is 15.0. The Hall–Kier alpha value is -1.85. The van der Waals surface area contributed by atoms with Crippen LogP contribution < -0.4 is 0 Å². The van der Waals surface area contributed by atoms with Gasteiger partial charge >= 0.3 is 0 Å². The Labute approximate surface area is 150 Å². The van der Waals surface area contributed by atoms with Crippen LogP contribution in [0.3, 0.4) is 0 Å². The van der Waals surface area contributed by atoms with E-state index in [9.17, 15) is 0 Å². The van der Waals surface area contributed by atoms with Crippen molar-refractivity contribution in [1.82, 2.24) is 4.90 Å². The highest BCUT2D eigenvalue weighted by Crippen LogP contribution is 2.42. The smallest absolute Gasteiger partial charge is 0.290 e. The van der Waals surface area contributed by atoms with Gasteiger partial charge in [0.2, 0.25) is 0 Å². The third-order valence-electron chi connectivity index (χ3n) is 4.59. The van der Waals surface area contributed by atoms with Crippen LogP contribution in [-0.2, 0) is 9.47 Å². The van der Waals surface area contributed by atoms with E-state index >= 15 is 0 Å². The maximum Gasteiger partial charge on any atom is 0.290 e. The lowest BCUT2D eigenvalue weighted by atomic mass is 10.0. The summed E-state index contributed by atoms with van der Waals surface area (Å²) < 4.78 is 11.8. The third-order valence-corrected chi connectivity index (χ3v) is 5.54. The van der Waals surface area contributed by atoms with Gasteiger partial charge in [-0.1, -0.05) is 76.6 Å². The summed E-state index contributed by atoms with van der Waals surface area (Å²) in [4.78, 5) is 7.07. The highest BCUT2D eigenvalue weighted by atomic mass is 79.9. The van der Waals surface area contributed by atoms with Crippen molar-refractivity contribution in [3.05, 3.63) is 71.8 Å². The summed E-state index contributed by atoms with van der Waals surface area (Å²) in [6.07, 6.45) is -0.104. The van der Waals surface area contributed by atoms with E-state index in [4.69, 9.17) is 14.5 Å². The second-order valence-electron chi connectivity index (χ2n) is 5.97. The van der Waals surface area contributed by atoms with Crippen molar-refractivity contribution in [3.8, 4) is 0 Å².